The van der Waals surface area contributed by atoms with E-state index in [4.69, 9.17) is 33.3 Å². The maximum atomic E-state index is 13.3. The predicted molar refractivity (Wildman–Crippen MR) is 133 cm³/mol. The molecule has 3 rings (SSSR count). The van der Waals surface area contributed by atoms with Crippen molar-refractivity contribution in [1.29, 1.82) is 0 Å². The first-order valence-electron chi connectivity index (χ1n) is 10.5. The van der Waals surface area contributed by atoms with Gasteiger partial charge in [0.15, 0.2) is 16.6 Å². The van der Waals surface area contributed by atoms with Gasteiger partial charge in [-0.2, -0.15) is 0 Å². The number of amides is 2. The van der Waals surface area contributed by atoms with Crippen molar-refractivity contribution < 1.29 is 29.0 Å². The highest BCUT2D eigenvalue weighted by Gasteiger charge is 2.35. The first-order valence-corrected chi connectivity index (χ1v) is 11.3. The van der Waals surface area contributed by atoms with E-state index < -0.39 is 17.8 Å². The van der Waals surface area contributed by atoms with Gasteiger partial charge in [0, 0.05) is 0 Å². The molecule has 0 spiro atoms. The van der Waals surface area contributed by atoms with Crippen molar-refractivity contribution in [2.45, 2.75) is 33.3 Å². The van der Waals surface area contributed by atoms with Crippen LogP contribution in [0.3, 0.4) is 0 Å². The first-order chi connectivity index (χ1) is 16.2. The molecule has 34 heavy (non-hydrogen) atoms. The first kappa shape index (κ1) is 25.2. The number of carbonyl (C=O) groups is 3. The Kier molecular flexibility index (Phi) is 7.90. The monoisotopic (exact) mass is 502 g/mol. The average Bonchev–Trinajstić information content (AvgIpc) is 2.79. The third kappa shape index (κ3) is 5.37. The second-order valence-corrected chi connectivity index (χ2v) is 8.21. The number of ether oxygens (including phenoxy) is 2. The lowest BCUT2D eigenvalue weighted by molar-refractivity contribution is -0.122. The molecule has 0 radical (unpaired) electrons. The number of hydrogen-bond acceptors (Lipinski definition) is 6. The average molecular weight is 503 g/mol. The number of aromatic carboxylic acids is 1. The number of carbonyl (C=O) groups excluding carboxylic acids is 2. The number of carboxylic acid groups (broad SMARTS) is 1. The number of hydrogen-bond donors (Lipinski definition) is 2. The third-order valence-electron chi connectivity index (χ3n) is 4.99. The second kappa shape index (κ2) is 10.7. The molecule has 0 aromatic heterocycles. The van der Waals surface area contributed by atoms with Gasteiger partial charge in [-0.15, -0.1) is 0 Å². The summed E-state index contributed by atoms with van der Waals surface area (Å²) in [5.74, 6) is -1.78. The highest BCUT2D eigenvalue weighted by atomic mass is 35.5. The van der Waals surface area contributed by atoms with Gasteiger partial charge in [-0.25, -0.2) is 4.79 Å². The summed E-state index contributed by atoms with van der Waals surface area (Å²) in [5.41, 5.74) is 0.422. The molecule has 0 bridgehead atoms. The molecule has 1 atom stereocenters. The van der Waals surface area contributed by atoms with Crippen LogP contribution in [0.15, 0.2) is 42.0 Å². The molecule has 10 heteroatoms. The Morgan fingerprint density at radius 1 is 1.26 bits per heavy atom. The van der Waals surface area contributed by atoms with Crippen LogP contribution in [0.4, 0.5) is 5.69 Å². The minimum Gasteiger partial charge on any atom is -0.490 e. The van der Waals surface area contributed by atoms with Crippen LogP contribution in [-0.2, 0) is 9.59 Å². The lowest BCUT2D eigenvalue weighted by atomic mass is 10.1. The smallest absolute Gasteiger partial charge is 0.335 e. The fraction of sp³-hybridized carbons (Fsp3) is 0.250. The van der Waals surface area contributed by atoms with Gasteiger partial charge in [-0.3, -0.25) is 19.8 Å². The normalized spacial score (nSPS) is 15.8. The zero-order valence-electron chi connectivity index (χ0n) is 18.8. The molecule has 1 unspecified atom stereocenters. The van der Waals surface area contributed by atoms with Crippen LogP contribution in [0.2, 0.25) is 5.02 Å². The van der Waals surface area contributed by atoms with E-state index in [9.17, 15) is 19.5 Å². The Morgan fingerprint density at radius 2 is 2.00 bits per heavy atom. The maximum absolute atomic E-state index is 13.3. The predicted octanol–water partition coefficient (Wildman–Crippen LogP) is 4.45. The Labute approximate surface area is 207 Å². The van der Waals surface area contributed by atoms with Crippen molar-refractivity contribution in [2.75, 3.05) is 11.5 Å². The minimum absolute atomic E-state index is 0.0273. The summed E-state index contributed by atoms with van der Waals surface area (Å²) >= 11 is 11.6. The SMILES string of the molecule is CCOc1cc(C=C2C(=O)NC(=S)N(c3cccc(C(=O)O)c3)C2=O)cc(Cl)c1OC(C)CC. The van der Waals surface area contributed by atoms with Crippen LogP contribution in [0.1, 0.15) is 43.1 Å². The maximum Gasteiger partial charge on any atom is 0.335 e. The van der Waals surface area contributed by atoms with E-state index in [0.29, 0.717) is 23.7 Å². The van der Waals surface area contributed by atoms with Gasteiger partial charge in [-0.05, 0) is 74.5 Å². The highest BCUT2D eigenvalue weighted by Crippen LogP contribution is 2.38. The van der Waals surface area contributed by atoms with Crippen molar-refractivity contribution in [1.82, 2.24) is 5.32 Å². The summed E-state index contributed by atoms with van der Waals surface area (Å²) < 4.78 is 11.6. The van der Waals surface area contributed by atoms with E-state index >= 15 is 0 Å². The second-order valence-electron chi connectivity index (χ2n) is 7.41. The molecular weight excluding hydrogens is 480 g/mol. The number of anilines is 1. The molecule has 2 N–H and O–H groups in total. The quantitative estimate of drug-likeness (QED) is 0.312. The van der Waals surface area contributed by atoms with Crippen LogP contribution in [0.5, 0.6) is 11.5 Å². The molecule has 1 aliphatic heterocycles. The molecule has 178 valence electrons. The summed E-state index contributed by atoms with van der Waals surface area (Å²) in [5, 5.41) is 11.8. The summed E-state index contributed by atoms with van der Waals surface area (Å²) in [7, 11) is 0. The Morgan fingerprint density at radius 3 is 2.65 bits per heavy atom. The van der Waals surface area contributed by atoms with Gasteiger partial charge in [0.25, 0.3) is 11.8 Å². The zero-order chi connectivity index (χ0) is 25.0. The molecule has 1 heterocycles. The minimum atomic E-state index is -1.16. The van der Waals surface area contributed by atoms with Crippen LogP contribution >= 0.6 is 23.8 Å². The molecule has 1 saturated heterocycles. The third-order valence-corrected chi connectivity index (χ3v) is 5.56. The standard InChI is InChI=1S/C24H23ClN2O6S/c1-4-13(3)33-20-18(25)10-14(11-19(20)32-5-2)9-17-21(28)26-24(34)27(22(17)29)16-8-6-7-15(12-16)23(30)31/h6-13H,4-5H2,1-3H3,(H,30,31)(H,26,28,34). The van der Waals surface area contributed by atoms with Crippen LogP contribution < -0.4 is 19.7 Å². The summed E-state index contributed by atoms with van der Waals surface area (Å²) in [6.07, 6.45) is 2.04. The molecular formula is C24H23ClN2O6S. The number of halogens is 1. The lowest BCUT2D eigenvalue weighted by Crippen LogP contribution is -2.54. The van der Waals surface area contributed by atoms with Crippen molar-refractivity contribution in [2.24, 2.45) is 0 Å². The van der Waals surface area contributed by atoms with Gasteiger partial charge < -0.3 is 14.6 Å². The van der Waals surface area contributed by atoms with Crippen molar-refractivity contribution in [3.05, 3.63) is 58.1 Å². The van der Waals surface area contributed by atoms with Gasteiger partial charge in [0.1, 0.15) is 5.57 Å². The van der Waals surface area contributed by atoms with E-state index in [2.05, 4.69) is 5.32 Å². The number of nitrogens with one attached hydrogen (secondary N) is 1. The molecule has 2 aromatic rings. The van der Waals surface area contributed by atoms with E-state index in [-0.39, 0.29) is 33.1 Å². The number of nitrogens with zero attached hydrogens (tertiary/aromatic N) is 1. The van der Waals surface area contributed by atoms with Gasteiger partial charge in [0.05, 0.1) is 29.0 Å². The molecule has 8 nitrogen and oxygen atoms in total. The number of rotatable bonds is 8. The molecule has 0 saturated carbocycles. The van der Waals surface area contributed by atoms with Crippen molar-refractivity contribution in [3.8, 4) is 11.5 Å². The molecule has 2 aromatic carbocycles. The molecule has 1 fully saturated rings. The fourth-order valence-corrected chi connectivity index (χ4v) is 3.71. The van der Waals surface area contributed by atoms with Gasteiger partial charge in [0.2, 0.25) is 0 Å². The van der Waals surface area contributed by atoms with E-state index in [1.165, 1.54) is 30.3 Å². The van der Waals surface area contributed by atoms with Crippen molar-refractivity contribution in [3.63, 3.8) is 0 Å². The van der Waals surface area contributed by atoms with Crippen LogP contribution in [-0.4, -0.2) is 40.7 Å². The Balaban J connectivity index is 2.03. The van der Waals surface area contributed by atoms with E-state index in [1.54, 1.807) is 12.1 Å². The Hall–Kier alpha value is -3.43. The molecule has 1 aliphatic rings. The van der Waals surface area contributed by atoms with E-state index in [0.717, 1.165) is 11.3 Å². The molecule has 2 amide bonds. The topological polar surface area (TPSA) is 105 Å². The van der Waals surface area contributed by atoms with Gasteiger partial charge >= 0.3 is 5.97 Å². The van der Waals surface area contributed by atoms with Crippen molar-refractivity contribution >= 4 is 58.5 Å². The van der Waals surface area contributed by atoms with Crippen LogP contribution in [0, 0.1) is 0 Å². The van der Waals surface area contributed by atoms with E-state index in [1.807, 2.05) is 20.8 Å². The number of benzene rings is 2. The zero-order valence-corrected chi connectivity index (χ0v) is 20.3. The van der Waals surface area contributed by atoms with Gasteiger partial charge in [-0.1, -0.05) is 24.6 Å². The molecule has 0 aliphatic carbocycles. The highest BCUT2D eigenvalue weighted by molar-refractivity contribution is 7.80. The summed E-state index contributed by atoms with van der Waals surface area (Å²) in [4.78, 5) is 38.3. The number of carboxylic acids is 1. The summed E-state index contributed by atoms with van der Waals surface area (Å²) in [6, 6.07) is 8.89. The largest absolute Gasteiger partial charge is 0.490 e. The Bertz CT molecular complexity index is 1200. The van der Waals surface area contributed by atoms with Crippen LogP contribution in [0.25, 0.3) is 6.08 Å². The lowest BCUT2D eigenvalue weighted by Gasteiger charge is -2.29. The fourth-order valence-electron chi connectivity index (χ4n) is 3.17. The number of thiocarbonyl (C=S) groups is 1. The summed E-state index contributed by atoms with van der Waals surface area (Å²) in [6.45, 7) is 6.06.